The molecule has 0 amide bonds. The molecule has 1 heterocycles. The largest absolute Gasteiger partial charge is 0.457 e. The van der Waals surface area contributed by atoms with Crippen LogP contribution in [0.4, 0.5) is 0 Å². The zero-order valence-electron chi connectivity index (χ0n) is 28.8. The van der Waals surface area contributed by atoms with Crippen LogP contribution in [-0.4, -0.2) is 29.2 Å². The lowest BCUT2D eigenvalue weighted by molar-refractivity contribution is -0.150. The van der Waals surface area contributed by atoms with E-state index in [1.54, 1.807) is 42.5 Å². The molecule has 1 aromatic heterocycles. The highest BCUT2D eigenvalue weighted by Crippen LogP contribution is 2.49. The van der Waals surface area contributed by atoms with Crippen LogP contribution in [-0.2, 0) is 30.4 Å². The van der Waals surface area contributed by atoms with Crippen LogP contribution in [0.5, 0.6) is 17.4 Å². The topological polar surface area (TPSA) is 113 Å². The number of ether oxygens (including phenoxy) is 2. The van der Waals surface area contributed by atoms with Crippen LogP contribution in [0.2, 0.25) is 5.02 Å². The van der Waals surface area contributed by atoms with E-state index in [9.17, 15) is 10.1 Å². The van der Waals surface area contributed by atoms with Gasteiger partial charge in [-0.3, -0.25) is 13.8 Å². The Hall–Kier alpha value is -3.84. The van der Waals surface area contributed by atoms with E-state index in [1.807, 2.05) is 90.9 Å². The highest BCUT2D eigenvalue weighted by molar-refractivity contribution is 8.07. The number of hydrogen-bond acceptors (Lipinski definition) is 10. The normalized spacial score (nSPS) is 12.3. The molecule has 2 atom stereocenters. The van der Waals surface area contributed by atoms with E-state index in [0.29, 0.717) is 41.2 Å². The number of nitrogens with zero attached hydrogens (tertiary/aromatic N) is 3. The van der Waals surface area contributed by atoms with Crippen molar-refractivity contribution in [3.63, 3.8) is 0 Å². The first-order valence-corrected chi connectivity index (χ1v) is 18.9. The quantitative estimate of drug-likeness (QED) is 0.0920. The van der Waals surface area contributed by atoms with Crippen molar-refractivity contribution in [2.75, 3.05) is 13.2 Å². The van der Waals surface area contributed by atoms with Gasteiger partial charge in [0.15, 0.2) is 0 Å². The molecule has 0 bridgehead atoms. The summed E-state index contributed by atoms with van der Waals surface area (Å²) in [6.07, 6.45) is -1.04. The summed E-state index contributed by atoms with van der Waals surface area (Å²) in [4.78, 5) is 21.7. The average Bonchev–Trinajstić information content (AvgIpc) is 3.05. The molecule has 0 N–H and O–H groups in total. The van der Waals surface area contributed by atoms with E-state index in [-0.39, 0.29) is 11.8 Å². The third-order valence-electron chi connectivity index (χ3n) is 6.78. The van der Waals surface area contributed by atoms with E-state index in [2.05, 4.69) is 16.0 Å². The second-order valence-electron chi connectivity index (χ2n) is 11.4. The van der Waals surface area contributed by atoms with Gasteiger partial charge in [-0.2, -0.15) is 10.2 Å². The fourth-order valence-electron chi connectivity index (χ4n) is 4.57. The highest BCUT2D eigenvalue weighted by Gasteiger charge is 2.29. The van der Waals surface area contributed by atoms with Gasteiger partial charge in [0.05, 0.1) is 19.1 Å². The monoisotopic (exact) mass is 723 g/mol. The number of hydrogen-bond donors (Lipinski definition) is 0. The van der Waals surface area contributed by atoms with Gasteiger partial charge in [0.25, 0.3) is 0 Å². The van der Waals surface area contributed by atoms with Gasteiger partial charge in [-0.15, -0.1) is 0 Å². The highest BCUT2D eigenvalue weighted by atomic mass is 35.5. The number of carbonyl (C=O) groups is 1. The Morgan fingerprint density at radius 3 is 2.08 bits per heavy atom. The summed E-state index contributed by atoms with van der Waals surface area (Å²) in [5.41, 5.74) is 2.19. The van der Waals surface area contributed by atoms with E-state index in [0.717, 1.165) is 17.1 Å². The first-order valence-electron chi connectivity index (χ1n) is 16.0. The summed E-state index contributed by atoms with van der Waals surface area (Å²) in [6, 6.07) is 27.3. The molecular formula is C37H43ClN3O6PS. The molecule has 0 aliphatic rings. The lowest BCUT2D eigenvalue weighted by Crippen LogP contribution is -2.22. The van der Waals surface area contributed by atoms with Crippen LogP contribution in [0.15, 0.2) is 84.9 Å². The van der Waals surface area contributed by atoms with E-state index < -0.39 is 24.7 Å². The smallest absolute Gasteiger partial charge is 0.381 e. The first-order chi connectivity index (χ1) is 23.4. The summed E-state index contributed by atoms with van der Waals surface area (Å²) in [5.74, 6) is 1.65. The molecule has 0 spiro atoms. The zero-order chi connectivity index (χ0) is 36.0. The summed E-state index contributed by atoms with van der Waals surface area (Å²) >= 11 is 11.3. The van der Waals surface area contributed by atoms with Crippen LogP contribution < -0.4 is 9.26 Å². The van der Waals surface area contributed by atoms with Crippen LogP contribution in [0.25, 0.3) is 0 Å². The third kappa shape index (κ3) is 12.5. The number of carbonyl (C=O) groups excluding carboxylic acids is 1. The van der Waals surface area contributed by atoms with Crippen LogP contribution >= 0.6 is 18.3 Å². The van der Waals surface area contributed by atoms with Gasteiger partial charge in [0.1, 0.15) is 23.4 Å². The minimum atomic E-state index is -2.77. The number of halogens is 1. The molecule has 0 saturated heterocycles. The Bertz CT molecular complexity index is 1720. The van der Waals surface area contributed by atoms with Gasteiger partial charge in [-0.25, -0.2) is 4.98 Å². The Balaban J connectivity index is 0.000000295. The van der Waals surface area contributed by atoms with Crippen molar-refractivity contribution >= 4 is 36.1 Å². The predicted molar refractivity (Wildman–Crippen MR) is 195 cm³/mol. The minimum Gasteiger partial charge on any atom is -0.457 e. The van der Waals surface area contributed by atoms with Crippen molar-refractivity contribution in [2.24, 2.45) is 5.92 Å². The average molecular weight is 724 g/mol. The van der Waals surface area contributed by atoms with Gasteiger partial charge in [0.2, 0.25) is 12.0 Å². The number of esters is 1. The number of nitriles is 1. The lowest BCUT2D eigenvalue weighted by Gasteiger charge is -2.22. The van der Waals surface area contributed by atoms with Crippen LogP contribution in [0.3, 0.4) is 0 Å². The van der Waals surface area contributed by atoms with Crippen molar-refractivity contribution < 1.29 is 27.8 Å². The molecule has 0 fully saturated rings. The summed E-state index contributed by atoms with van der Waals surface area (Å²) < 4.78 is 28.0. The second-order valence-corrected chi connectivity index (χ2v) is 14.8. The molecule has 0 aliphatic heterocycles. The van der Waals surface area contributed by atoms with E-state index in [1.165, 1.54) is 0 Å². The SMILES string of the molecule is CC(C)C(C(=O)OC(C#N)c1cccc(Oc2ccccc2)c1)c1ccc(Cl)cc1.CCOP(=S)(OCC)Oc1cc(C)nc(C(C)C)n1. The number of rotatable bonds is 14. The number of benzene rings is 3. The van der Waals surface area contributed by atoms with E-state index >= 15 is 0 Å². The molecule has 4 rings (SSSR count). The van der Waals surface area contributed by atoms with Crippen molar-refractivity contribution in [2.45, 2.75) is 66.4 Å². The molecular weight excluding hydrogens is 681 g/mol. The zero-order valence-corrected chi connectivity index (χ0v) is 31.3. The van der Waals surface area contributed by atoms with Crippen LogP contribution in [0, 0.1) is 24.2 Å². The summed E-state index contributed by atoms with van der Waals surface area (Å²) in [7, 11) is 0. The fourth-order valence-corrected chi connectivity index (χ4v) is 6.70. The van der Waals surface area contributed by atoms with Gasteiger partial charge in [-0.05, 0) is 68.7 Å². The van der Waals surface area contributed by atoms with Crippen LogP contribution in [0.1, 0.15) is 82.1 Å². The van der Waals surface area contributed by atoms with Gasteiger partial charge < -0.3 is 14.0 Å². The van der Waals surface area contributed by atoms with Crippen molar-refractivity contribution in [3.05, 3.63) is 113 Å². The lowest BCUT2D eigenvalue weighted by atomic mass is 9.88. The van der Waals surface area contributed by atoms with Crippen molar-refractivity contribution in [1.82, 2.24) is 9.97 Å². The molecule has 0 saturated carbocycles. The molecule has 260 valence electrons. The fraction of sp³-hybridized carbons (Fsp3) is 0.351. The van der Waals surface area contributed by atoms with Gasteiger partial charge >= 0.3 is 12.7 Å². The number of para-hydroxylation sites is 1. The standard InChI is InChI=1S/C25H22ClNO3.C12H21N2O3PS/c1-17(2)24(18-11-13-20(26)14-12-18)25(28)30-23(16-27)19-7-6-10-22(15-19)29-21-8-4-3-5-9-21;1-6-15-18(19,16-7-2)17-11-8-10(5)13-12(14-11)9(3)4/h3-15,17,23-24H,1-2H3;8-9H,6-7H2,1-5H3. The predicted octanol–water partition coefficient (Wildman–Crippen LogP) is 10.3. The van der Waals surface area contributed by atoms with E-state index in [4.69, 9.17) is 46.5 Å². The molecule has 12 heteroatoms. The molecule has 3 aromatic carbocycles. The van der Waals surface area contributed by atoms with Gasteiger partial charge in [0, 0.05) is 40.1 Å². The van der Waals surface area contributed by atoms with Crippen molar-refractivity contribution in [1.29, 1.82) is 5.26 Å². The van der Waals surface area contributed by atoms with Crippen molar-refractivity contribution in [3.8, 4) is 23.4 Å². The molecule has 4 aromatic rings. The molecule has 49 heavy (non-hydrogen) atoms. The molecule has 2 unspecified atom stereocenters. The maximum absolute atomic E-state index is 13.0. The minimum absolute atomic E-state index is 0.00855. The summed E-state index contributed by atoms with van der Waals surface area (Å²) in [5, 5.41) is 10.2. The maximum atomic E-state index is 13.0. The Morgan fingerprint density at radius 1 is 0.878 bits per heavy atom. The third-order valence-corrected chi connectivity index (χ3v) is 9.45. The first kappa shape index (κ1) is 39.6. The number of aromatic nitrogens is 2. The Morgan fingerprint density at radius 2 is 1.51 bits per heavy atom. The number of aryl methyl sites for hydroxylation is 1. The maximum Gasteiger partial charge on any atom is 0.381 e. The molecule has 0 radical (unpaired) electrons. The Labute approximate surface area is 299 Å². The molecule has 9 nitrogen and oxygen atoms in total. The Kier molecular flexibility index (Phi) is 15.7. The second kappa shape index (κ2) is 19.4. The molecule has 0 aliphatic carbocycles. The summed E-state index contributed by atoms with van der Waals surface area (Å²) in [6.45, 7) is 11.7. The van der Waals surface area contributed by atoms with Gasteiger partial charge in [-0.1, -0.05) is 81.8 Å².